The molecule has 39 heavy (non-hydrogen) atoms. The number of aromatic nitrogens is 2. The van der Waals surface area contributed by atoms with Crippen molar-refractivity contribution in [2.45, 2.75) is 89.0 Å². The first-order valence-corrected chi connectivity index (χ1v) is 15.2. The van der Waals surface area contributed by atoms with Crippen LogP contribution in [-0.2, 0) is 20.8 Å². The topological polar surface area (TPSA) is 95.5 Å². The first kappa shape index (κ1) is 29.5. The van der Waals surface area contributed by atoms with Crippen molar-refractivity contribution in [3.8, 4) is 0 Å². The van der Waals surface area contributed by atoms with Crippen LogP contribution >= 0.6 is 0 Å². The van der Waals surface area contributed by atoms with E-state index in [-0.39, 0.29) is 40.9 Å². The average Bonchev–Trinajstić information content (AvgIpc) is 3.22. The largest absolute Gasteiger partial charge is 0.416 e. The Labute approximate surface area is 228 Å². The Bertz CT molecular complexity index is 1300. The van der Waals surface area contributed by atoms with Crippen LogP contribution < -0.4 is 5.32 Å². The summed E-state index contributed by atoms with van der Waals surface area (Å²) >= 11 is 0. The van der Waals surface area contributed by atoms with Crippen molar-refractivity contribution in [3.05, 3.63) is 30.1 Å². The first-order valence-electron chi connectivity index (χ1n) is 13.5. The number of likely N-dealkylation sites (tertiary alicyclic amines) is 1. The van der Waals surface area contributed by atoms with Crippen molar-refractivity contribution in [3.63, 3.8) is 0 Å². The van der Waals surface area contributed by atoms with Gasteiger partial charge in [0, 0.05) is 30.1 Å². The minimum Gasteiger partial charge on any atom is -0.358 e. The van der Waals surface area contributed by atoms with E-state index in [0.29, 0.717) is 37.4 Å². The van der Waals surface area contributed by atoms with E-state index in [2.05, 4.69) is 41.1 Å². The number of hydrogen-bond acceptors (Lipinski definition) is 7. The molecule has 8 nitrogen and oxygen atoms in total. The molecule has 2 aliphatic rings. The Morgan fingerprint density at radius 2 is 1.85 bits per heavy atom. The van der Waals surface area contributed by atoms with Crippen LogP contribution in [0.4, 0.5) is 19.0 Å². The zero-order valence-corrected chi connectivity index (χ0v) is 23.9. The number of anilines is 1. The van der Waals surface area contributed by atoms with Gasteiger partial charge in [0.05, 0.1) is 22.1 Å². The monoisotopic (exact) mass is 569 g/mol. The first-order chi connectivity index (χ1) is 18.2. The van der Waals surface area contributed by atoms with Crippen molar-refractivity contribution in [2.24, 2.45) is 5.92 Å². The van der Waals surface area contributed by atoms with Gasteiger partial charge < -0.3 is 15.1 Å². The van der Waals surface area contributed by atoms with E-state index in [1.807, 2.05) is 0 Å². The molecule has 0 unspecified atom stereocenters. The Morgan fingerprint density at radius 1 is 1.13 bits per heavy atom. The number of fused-ring (bicyclic) bond motifs is 1. The maximum atomic E-state index is 13.6. The zero-order valence-electron chi connectivity index (χ0n) is 23.1. The summed E-state index contributed by atoms with van der Waals surface area (Å²) in [6.45, 7) is 8.03. The highest BCUT2D eigenvalue weighted by Crippen LogP contribution is 2.37. The maximum Gasteiger partial charge on any atom is 0.416 e. The van der Waals surface area contributed by atoms with E-state index in [1.54, 1.807) is 18.7 Å². The van der Waals surface area contributed by atoms with Gasteiger partial charge in [-0.3, -0.25) is 4.79 Å². The third kappa shape index (κ3) is 6.32. The molecule has 12 heteroatoms. The molecular weight excluding hydrogens is 531 g/mol. The molecule has 0 radical (unpaired) electrons. The van der Waals surface area contributed by atoms with E-state index < -0.39 is 32.9 Å². The highest BCUT2D eigenvalue weighted by atomic mass is 32.2. The summed E-state index contributed by atoms with van der Waals surface area (Å²) in [5.41, 5.74) is -0.473. The molecule has 216 valence electrons. The van der Waals surface area contributed by atoms with Gasteiger partial charge in [-0.15, -0.1) is 0 Å². The number of amides is 1. The summed E-state index contributed by atoms with van der Waals surface area (Å²) < 4.78 is 65.9. The van der Waals surface area contributed by atoms with E-state index in [0.717, 1.165) is 18.6 Å². The number of benzene rings is 1. The molecule has 0 bridgehead atoms. The predicted octanol–water partition coefficient (Wildman–Crippen LogP) is 4.36. The van der Waals surface area contributed by atoms with Gasteiger partial charge in [-0.2, -0.15) is 13.2 Å². The second-order valence-electron chi connectivity index (χ2n) is 11.4. The fraction of sp³-hybridized carbons (Fsp3) is 0.667. The maximum absolute atomic E-state index is 13.6. The SMILES string of the molecule is CC(C)N(C)[C@@H]1CC[C@H](N2CC[C@H](Nc3ncnc4ccc(C(F)(F)F)cc34)C2=O)[C@@H](CS(=O)(=O)C(C)C)C1. The third-order valence-corrected chi connectivity index (χ3v) is 10.7. The van der Waals surface area contributed by atoms with Crippen molar-refractivity contribution in [1.82, 2.24) is 19.8 Å². The van der Waals surface area contributed by atoms with Gasteiger partial charge >= 0.3 is 6.18 Å². The summed E-state index contributed by atoms with van der Waals surface area (Å²) in [4.78, 5) is 25.9. The summed E-state index contributed by atoms with van der Waals surface area (Å²) in [6.07, 6.45) is -0.577. The summed E-state index contributed by atoms with van der Waals surface area (Å²) in [5.74, 6) is -0.181. The average molecular weight is 570 g/mol. The fourth-order valence-electron chi connectivity index (χ4n) is 5.77. The highest BCUT2D eigenvalue weighted by molar-refractivity contribution is 7.91. The minimum absolute atomic E-state index is 0.0242. The molecule has 4 atom stereocenters. The van der Waals surface area contributed by atoms with E-state index in [4.69, 9.17) is 0 Å². The lowest BCUT2D eigenvalue weighted by atomic mass is 9.81. The second-order valence-corrected chi connectivity index (χ2v) is 14.0. The van der Waals surface area contributed by atoms with Gasteiger partial charge in [0.1, 0.15) is 18.2 Å². The Morgan fingerprint density at radius 3 is 2.49 bits per heavy atom. The summed E-state index contributed by atoms with van der Waals surface area (Å²) in [6, 6.07) is 2.92. The standard InChI is InChI=1S/C27H38F3N5O3S/c1-16(2)34(5)20-7-9-24(18(12-20)14-39(37,38)17(3)4)35-11-10-23(26(35)36)33-25-21-13-19(27(28,29)30)6-8-22(21)31-15-32-25/h6,8,13,15-18,20,23-24H,7,9-12,14H2,1-5H3,(H,31,32,33)/t18-,20-,23+,24+/m1/s1. The van der Waals surface area contributed by atoms with Crippen LogP contribution in [0.15, 0.2) is 24.5 Å². The van der Waals surface area contributed by atoms with Crippen molar-refractivity contribution in [1.29, 1.82) is 0 Å². The normalized spacial score (nSPS) is 24.9. The van der Waals surface area contributed by atoms with Crippen LogP contribution in [0.5, 0.6) is 0 Å². The fourth-order valence-corrected chi connectivity index (χ4v) is 7.11. The van der Waals surface area contributed by atoms with Crippen molar-refractivity contribution in [2.75, 3.05) is 24.7 Å². The Balaban J connectivity index is 1.56. The number of halogens is 3. The molecule has 1 saturated heterocycles. The molecule has 2 heterocycles. The molecule has 1 saturated carbocycles. The number of hydrogen-bond donors (Lipinski definition) is 1. The van der Waals surface area contributed by atoms with Gasteiger partial charge in [0.15, 0.2) is 9.84 Å². The Kier molecular flexibility index (Phi) is 8.47. The lowest BCUT2D eigenvalue weighted by Crippen LogP contribution is -2.52. The molecule has 1 aliphatic carbocycles. The second kappa shape index (κ2) is 11.2. The minimum atomic E-state index is -4.52. The molecule has 1 aliphatic heterocycles. The zero-order chi connectivity index (χ0) is 28.7. The summed E-state index contributed by atoms with van der Waals surface area (Å²) in [7, 11) is -1.27. The smallest absolute Gasteiger partial charge is 0.358 e. The number of rotatable bonds is 8. The lowest BCUT2D eigenvalue weighted by Gasteiger charge is -2.44. The van der Waals surface area contributed by atoms with Gasteiger partial charge in [-0.05, 0) is 84.5 Å². The molecular formula is C27H38F3N5O3S. The predicted molar refractivity (Wildman–Crippen MR) is 145 cm³/mol. The van der Waals surface area contributed by atoms with Crippen LogP contribution in [0.2, 0.25) is 0 Å². The van der Waals surface area contributed by atoms with Crippen LogP contribution in [0, 0.1) is 5.92 Å². The van der Waals surface area contributed by atoms with Crippen molar-refractivity contribution >= 4 is 32.5 Å². The van der Waals surface area contributed by atoms with E-state index in [1.165, 1.54) is 12.4 Å². The Hall–Kier alpha value is -2.47. The van der Waals surface area contributed by atoms with Crippen LogP contribution in [0.25, 0.3) is 10.9 Å². The van der Waals surface area contributed by atoms with E-state index in [9.17, 15) is 26.4 Å². The summed E-state index contributed by atoms with van der Waals surface area (Å²) in [5, 5.41) is 2.76. The molecule has 0 spiro atoms. The number of carbonyl (C=O) groups excluding carboxylic acids is 1. The quantitative estimate of drug-likeness (QED) is 0.505. The van der Waals surface area contributed by atoms with Crippen LogP contribution in [-0.4, -0.2) is 82.9 Å². The van der Waals surface area contributed by atoms with Gasteiger partial charge in [-0.25, -0.2) is 18.4 Å². The number of alkyl halides is 3. The van der Waals surface area contributed by atoms with Gasteiger partial charge in [0.2, 0.25) is 5.91 Å². The van der Waals surface area contributed by atoms with Crippen molar-refractivity contribution < 1.29 is 26.4 Å². The van der Waals surface area contributed by atoms with E-state index >= 15 is 0 Å². The lowest BCUT2D eigenvalue weighted by molar-refractivity contribution is -0.137. The number of nitrogens with zero attached hydrogens (tertiary/aromatic N) is 4. The third-order valence-electron chi connectivity index (χ3n) is 8.38. The molecule has 2 fully saturated rings. The van der Waals surface area contributed by atoms with Gasteiger partial charge in [0.25, 0.3) is 0 Å². The molecule has 2 aromatic rings. The molecule has 1 aromatic carbocycles. The molecule has 1 amide bonds. The number of nitrogens with one attached hydrogen (secondary N) is 1. The molecule has 1 aromatic heterocycles. The van der Waals surface area contributed by atoms with Crippen LogP contribution in [0.1, 0.15) is 58.9 Å². The highest BCUT2D eigenvalue weighted by Gasteiger charge is 2.44. The van der Waals surface area contributed by atoms with Gasteiger partial charge in [-0.1, -0.05) is 0 Å². The number of carbonyl (C=O) groups is 1. The molecule has 4 rings (SSSR count). The molecule has 1 N–H and O–H groups in total. The number of sulfone groups is 1. The van der Waals surface area contributed by atoms with Crippen LogP contribution in [0.3, 0.4) is 0 Å².